The summed E-state index contributed by atoms with van der Waals surface area (Å²) in [6.45, 7) is 0.433. The molecular weight excluding hydrogens is 297 g/mol. The van der Waals surface area contributed by atoms with Gasteiger partial charge in [-0.2, -0.15) is 5.10 Å². The summed E-state index contributed by atoms with van der Waals surface area (Å²) < 4.78 is 15.6. The van der Waals surface area contributed by atoms with E-state index < -0.39 is 5.82 Å². The molecule has 7 heteroatoms. The molecule has 0 spiro atoms. The van der Waals surface area contributed by atoms with E-state index in [9.17, 15) is 9.18 Å². The zero-order valence-corrected chi connectivity index (χ0v) is 12.1. The number of para-hydroxylation sites is 1. The number of nitrogens with zero attached hydrogens (tertiary/aromatic N) is 5. The van der Waals surface area contributed by atoms with Gasteiger partial charge in [-0.05, 0) is 24.1 Å². The van der Waals surface area contributed by atoms with Gasteiger partial charge in [-0.3, -0.25) is 9.78 Å². The molecule has 0 N–H and O–H groups in total. The second-order valence-corrected chi connectivity index (χ2v) is 5.17. The number of aromatic nitrogens is 4. The number of hydrogen-bond donors (Lipinski definition) is 0. The van der Waals surface area contributed by atoms with Gasteiger partial charge in [0, 0.05) is 18.9 Å². The van der Waals surface area contributed by atoms with E-state index in [2.05, 4.69) is 15.1 Å². The quantitative estimate of drug-likeness (QED) is 0.726. The molecule has 3 heterocycles. The van der Waals surface area contributed by atoms with E-state index >= 15 is 0 Å². The lowest BCUT2D eigenvalue weighted by Crippen LogP contribution is -2.30. The number of fused-ring (bicyclic) bond motifs is 1. The Labute approximate surface area is 131 Å². The molecular formula is C16H12FN5O. The minimum atomic E-state index is -0.399. The van der Waals surface area contributed by atoms with Crippen molar-refractivity contribution < 1.29 is 9.18 Å². The average molecular weight is 309 g/mol. The first-order chi connectivity index (χ1) is 11.2. The van der Waals surface area contributed by atoms with Crippen molar-refractivity contribution in [3.05, 3.63) is 66.1 Å². The van der Waals surface area contributed by atoms with Crippen LogP contribution in [0.3, 0.4) is 0 Å². The summed E-state index contributed by atoms with van der Waals surface area (Å²) in [5.74, 6) is -0.325. The second kappa shape index (κ2) is 5.28. The lowest BCUT2D eigenvalue weighted by molar-refractivity contribution is 0.0983. The molecule has 0 aliphatic carbocycles. The van der Waals surface area contributed by atoms with Crippen LogP contribution in [0.25, 0.3) is 5.82 Å². The van der Waals surface area contributed by atoms with Crippen LogP contribution in [0.4, 0.5) is 10.1 Å². The topological polar surface area (TPSA) is 63.9 Å². The van der Waals surface area contributed by atoms with Crippen molar-refractivity contribution in [3.63, 3.8) is 0 Å². The highest BCUT2D eigenvalue weighted by Crippen LogP contribution is 2.31. The van der Waals surface area contributed by atoms with Gasteiger partial charge in [0.25, 0.3) is 5.91 Å². The summed E-state index contributed by atoms with van der Waals surface area (Å²) in [5.41, 5.74) is 1.33. The summed E-state index contributed by atoms with van der Waals surface area (Å²) in [6, 6.07) is 6.59. The summed E-state index contributed by atoms with van der Waals surface area (Å²) >= 11 is 0. The molecule has 2 aromatic heterocycles. The van der Waals surface area contributed by atoms with Crippen molar-refractivity contribution in [1.82, 2.24) is 19.7 Å². The molecule has 1 aliphatic rings. The fraction of sp³-hybridized carbons (Fsp3) is 0.125. The normalized spacial score (nSPS) is 13.2. The summed E-state index contributed by atoms with van der Waals surface area (Å²) in [4.78, 5) is 22.5. The zero-order valence-electron chi connectivity index (χ0n) is 12.1. The molecule has 1 aliphatic heterocycles. The number of carbonyl (C=O) groups is 1. The number of halogens is 1. The number of benzene rings is 1. The smallest absolute Gasteiger partial charge is 0.278 e. The van der Waals surface area contributed by atoms with E-state index in [1.807, 2.05) is 6.07 Å². The molecule has 3 aromatic rings. The molecule has 0 fully saturated rings. The third kappa shape index (κ3) is 2.26. The molecule has 1 aromatic carbocycles. The van der Waals surface area contributed by atoms with Crippen LogP contribution < -0.4 is 4.90 Å². The number of carbonyl (C=O) groups excluding carboxylic acids is 1. The Hall–Kier alpha value is -3.09. The van der Waals surface area contributed by atoms with Crippen molar-refractivity contribution in [2.45, 2.75) is 6.42 Å². The summed E-state index contributed by atoms with van der Waals surface area (Å²) in [5, 5.41) is 4.06. The van der Waals surface area contributed by atoms with Crippen molar-refractivity contribution in [3.8, 4) is 5.82 Å². The van der Waals surface area contributed by atoms with Gasteiger partial charge >= 0.3 is 0 Å². The van der Waals surface area contributed by atoms with E-state index in [1.165, 1.54) is 28.0 Å². The Balaban J connectivity index is 1.71. The average Bonchev–Trinajstić information content (AvgIpc) is 3.25. The Morgan fingerprint density at radius 1 is 1.22 bits per heavy atom. The van der Waals surface area contributed by atoms with Crippen LogP contribution in [0.2, 0.25) is 0 Å². The maximum Gasteiger partial charge on any atom is 0.278 e. The Morgan fingerprint density at radius 2 is 2.13 bits per heavy atom. The van der Waals surface area contributed by atoms with E-state index in [4.69, 9.17) is 0 Å². The molecule has 4 rings (SSSR count). The first-order valence-electron chi connectivity index (χ1n) is 7.15. The van der Waals surface area contributed by atoms with Gasteiger partial charge in [0.15, 0.2) is 5.82 Å². The number of rotatable bonds is 2. The van der Waals surface area contributed by atoms with Gasteiger partial charge in [-0.25, -0.2) is 14.1 Å². The lowest BCUT2D eigenvalue weighted by Gasteiger charge is -2.17. The maximum atomic E-state index is 14.1. The summed E-state index contributed by atoms with van der Waals surface area (Å²) in [7, 11) is 0. The monoisotopic (exact) mass is 309 g/mol. The lowest BCUT2D eigenvalue weighted by atomic mass is 10.1. The number of hydrogen-bond acceptors (Lipinski definition) is 4. The molecule has 6 nitrogen and oxygen atoms in total. The van der Waals surface area contributed by atoms with Crippen LogP contribution >= 0.6 is 0 Å². The maximum absolute atomic E-state index is 14.1. The van der Waals surface area contributed by atoms with Crippen LogP contribution in [-0.4, -0.2) is 32.2 Å². The fourth-order valence-electron chi connectivity index (χ4n) is 2.72. The van der Waals surface area contributed by atoms with Gasteiger partial charge in [-0.1, -0.05) is 12.1 Å². The zero-order chi connectivity index (χ0) is 15.8. The third-order valence-corrected chi connectivity index (χ3v) is 3.77. The van der Waals surface area contributed by atoms with E-state index in [0.29, 0.717) is 24.5 Å². The van der Waals surface area contributed by atoms with Crippen LogP contribution in [0.15, 0.2) is 49.1 Å². The van der Waals surface area contributed by atoms with E-state index in [1.54, 1.807) is 24.5 Å². The van der Waals surface area contributed by atoms with Crippen LogP contribution in [0, 0.1) is 5.82 Å². The first kappa shape index (κ1) is 13.6. The second-order valence-electron chi connectivity index (χ2n) is 5.17. The van der Waals surface area contributed by atoms with Crippen molar-refractivity contribution in [1.29, 1.82) is 0 Å². The predicted octanol–water partition coefficient (Wildman–Crippen LogP) is 2.00. The fourth-order valence-corrected chi connectivity index (χ4v) is 2.72. The minimum Gasteiger partial charge on any atom is -0.304 e. The Bertz CT molecular complexity index is 878. The van der Waals surface area contributed by atoms with Gasteiger partial charge in [-0.15, -0.1) is 0 Å². The molecule has 0 bridgehead atoms. The number of anilines is 1. The standard InChI is InChI=1S/C16H12FN5O/c17-12-4-1-3-11-5-8-21(15(11)12)16(23)13-9-18-10-14(20-13)22-7-2-6-19-22/h1-4,6-7,9-10H,5,8H2. The van der Waals surface area contributed by atoms with Crippen LogP contribution in [-0.2, 0) is 6.42 Å². The SMILES string of the molecule is O=C(c1cncc(-n2cccn2)n1)N1CCc2cccc(F)c21. The Kier molecular flexibility index (Phi) is 3.11. The molecule has 0 saturated carbocycles. The van der Waals surface area contributed by atoms with Gasteiger partial charge in [0.05, 0.1) is 18.1 Å². The highest BCUT2D eigenvalue weighted by Gasteiger charge is 2.29. The highest BCUT2D eigenvalue weighted by molar-refractivity contribution is 6.06. The molecule has 0 unspecified atom stereocenters. The number of amides is 1. The first-order valence-corrected chi connectivity index (χ1v) is 7.15. The van der Waals surface area contributed by atoms with E-state index in [0.717, 1.165) is 5.56 Å². The molecule has 0 saturated heterocycles. The Morgan fingerprint density at radius 3 is 2.96 bits per heavy atom. The van der Waals surface area contributed by atoms with Crippen molar-refractivity contribution in [2.75, 3.05) is 11.4 Å². The van der Waals surface area contributed by atoms with Gasteiger partial charge < -0.3 is 4.90 Å². The van der Waals surface area contributed by atoms with Crippen LogP contribution in [0.1, 0.15) is 16.1 Å². The third-order valence-electron chi connectivity index (χ3n) is 3.77. The largest absolute Gasteiger partial charge is 0.304 e. The molecule has 114 valence electrons. The predicted molar refractivity (Wildman–Crippen MR) is 80.9 cm³/mol. The van der Waals surface area contributed by atoms with Crippen molar-refractivity contribution >= 4 is 11.6 Å². The van der Waals surface area contributed by atoms with Crippen LogP contribution in [0.5, 0.6) is 0 Å². The van der Waals surface area contributed by atoms with Crippen molar-refractivity contribution in [2.24, 2.45) is 0 Å². The molecule has 1 amide bonds. The summed E-state index contributed by atoms with van der Waals surface area (Å²) in [6.07, 6.45) is 6.85. The van der Waals surface area contributed by atoms with E-state index in [-0.39, 0.29) is 11.6 Å². The molecule has 0 radical (unpaired) electrons. The minimum absolute atomic E-state index is 0.161. The molecule has 23 heavy (non-hydrogen) atoms. The van der Waals surface area contributed by atoms with Gasteiger partial charge in [0.2, 0.25) is 0 Å². The molecule has 0 atom stereocenters. The van der Waals surface area contributed by atoms with Gasteiger partial charge in [0.1, 0.15) is 11.5 Å². The highest BCUT2D eigenvalue weighted by atomic mass is 19.1.